The molecular weight excluding hydrogens is 274 g/mol. The van der Waals surface area contributed by atoms with Gasteiger partial charge in [-0.05, 0) is 17.7 Å². The Bertz CT molecular complexity index is 770. The summed E-state index contributed by atoms with van der Waals surface area (Å²) in [6.07, 6.45) is 1.73. The zero-order valence-corrected chi connectivity index (χ0v) is 12.2. The second-order valence-electron chi connectivity index (χ2n) is 5.43. The van der Waals surface area contributed by atoms with Gasteiger partial charge >= 0.3 is 0 Å². The highest BCUT2D eigenvalue weighted by Crippen LogP contribution is 2.28. The van der Waals surface area contributed by atoms with Crippen molar-refractivity contribution in [1.82, 2.24) is 9.97 Å². The maximum Gasteiger partial charge on any atom is 0.140 e. The lowest BCUT2D eigenvalue weighted by atomic mass is 10.1. The lowest BCUT2D eigenvalue weighted by Crippen LogP contribution is -2.39. The van der Waals surface area contributed by atoms with Crippen molar-refractivity contribution in [2.24, 2.45) is 0 Å². The summed E-state index contributed by atoms with van der Waals surface area (Å²) in [4.78, 5) is 11.2. The van der Waals surface area contributed by atoms with E-state index in [0.717, 1.165) is 29.8 Å². The van der Waals surface area contributed by atoms with E-state index in [-0.39, 0.29) is 6.10 Å². The Morgan fingerprint density at radius 3 is 2.68 bits per heavy atom. The summed E-state index contributed by atoms with van der Waals surface area (Å²) in [5.74, 6) is 0.995. The molecule has 1 fully saturated rings. The summed E-state index contributed by atoms with van der Waals surface area (Å²) < 4.78 is 5.94. The predicted octanol–water partition coefficient (Wildman–Crippen LogP) is 3.21. The summed E-state index contributed by atoms with van der Waals surface area (Å²) >= 11 is 0. The van der Waals surface area contributed by atoms with Crippen LogP contribution < -0.4 is 4.90 Å². The molecule has 1 aliphatic rings. The van der Waals surface area contributed by atoms with Gasteiger partial charge in [-0.15, -0.1) is 0 Å². The average molecular weight is 291 g/mol. The topological polar surface area (TPSA) is 38.2 Å². The molecule has 0 aliphatic carbocycles. The van der Waals surface area contributed by atoms with Crippen molar-refractivity contribution < 1.29 is 4.74 Å². The fraction of sp³-hybridized carbons (Fsp3) is 0.222. The van der Waals surface area contributed by atoms with Crippen molar-refractivity contribution >= 4 is 16.7 Å². The largest absolute Gasteiger partial charge is 0.370 e. The monoisotopic (exact) mass is 291 g/mol. The molecule has 1 aliphatic heterocycles. The van der Waals surface area contributed by atoms with Gasteiger partial charge in [0.2, 0.25) is 0 Å². The molecule has 0 saturated carbocycles. The molecule has 4 heteroatoms. The average Bonchev–Trinajstić information content (AvgIpc) is 2.62. The molecule has 110 valence electrons. The zero-order valence-electron chi connectivity index (χ0n) is 12.2. The van der Waals surface area contributed by atoms with E-state index in [1.807, 2.05) is 24.3 Å². The molecule has 1 aromatic heterocycles. The Hall–Kier alpha value is -2.46. The molecule has 0 bridgehead atoms. The minimum atomic E-state index is 0.0867. The lowest BCUT2D eigenvalue weighted by molar-refractivity contribution is 0.0396. The molecule has 1 atom stereocenters. The number of para-hydroxylation sites is 1. The number of aromatic nitrogens is 2. The summed E-state index contributed by atoms with van der Waals surface area (Å²) in [5.41, 5.74) is 2.20. The second kappa shape index (κ2) is 5.73. The maximum atomic E-state index is 5.94. The van der Waals surface area contributed by atoms with Gasteiger partial charge < -0.3 is 9.64 Å². The van der Waals surface area contributed by atoms with Gasteiger partial charge in [0.15, 0.2) is 0 Å². The predicted molar refractivity (Wildman–Crippen MR) is 86.9 cm³/mol. The van der Waals surface area contributed by atoms with E-state index in [0.29, 0.717) is 6.61 Å². The minimum Gasteiger partial charge on any atom is -0.370 e. The number of anilines is 1. The van der Waals surface area contributed by atoms with Crippen molar-refractivity contribution in [2.75, 3.05) is 24.6 Å². The lowest BCUT2D eigenvalue weighted by Gasteiger charge is -2.34. The molecule has 0 unspecified atom stereocenters. The number of morpholine rings is 1. The van der Waals surface area contributed by atoms with Gasteiger partial charge in [-0.2, -0.15) is 0 Å². The van der Waals surface area contributed by atoms with Crippen LogP contribution in [0.15, 0.2) is 60.9 Å². The van der Waals surface area contributed by atoms with Gasteiger partial charge in [-0.3, -0.25) is 0 Å². The summed E-state index contributed by atoms with van der Waals surface area (Å²) in [5, 5.41) is 1.10. The Balaban J connectivity index is 1.67. The first-order chi connectivity index (χ1) is 10.9. The number of rotatable bonds is 2. The van der Waals surface area contributed by atoms with Crippen LogP contribution in [0.2, 0.25) is 0 Å². The molecule has 0 radical (unpaired) electrons. The quantitative estimate of drug-likeness (QED) is 0.726. The third-order valence-electron chi connectivity index (χ3n) is 4.06. The highest BCUT2D eigenvalue weighted by atomic mass is 16.5. The number of fused-ring (bicyclic) bond motifs is 1. The van der Waals surface area contributed by atoms with Crippen LogP contribution in [0.4, 0.5) is 5.82 Å². The smallest absolute Gasteiger partial charge is 0.140 e. The summed E-state index contributed by atoms with van der Waals surface area (Å²) in [6, 6.07) is 18.5. The standard InChI is InChI=1S/C18H17N3O/c1-2-6-14(7-3-1)17-12-21(10-11-22-17)18-15-8-4-5-9-16(15)19-13-20-18/h1-9,13,17H,10-12H2/t17-/m1/s1. The van der Waals surface area contributed by atoms with E-state index in [2.05, 4.69) is 45.2 Å². The molecular formula is C18H17N3O. The van der Waals surface area contributed by atoms with Crippen molar-refractivity contribution in [3.8, 4) is 0 Å². The van der Waals surface area contributed by atoms with E-state index in [1.165, 1.54) is 5.56 Å². The Morgan fingerprint density at radius 2 is 1.77 bits per heavy atom. The van der Waals surface area contributed by atoms with Crippen LogP contribution in [0, 0.1) is 0 Å². The number of hydrogen-bond acceptors (Lipinski definition) is 4. The van der Waals surface area contributed by atoms with Gasteiger partial charge in [0.1, 0.15) is 18.2 Å². The van der Waals surface area contributed by atoms with Crippen LogP contribution in [-0.4, -0.2) is 29.7 Å². The van der Waals surface area contributed by atoms with Crippen molar-refractivity contribution in [3.05, 3.63) is 66.5 Å². The number of nitrogens with zero attached hydrogens (tertiary/aromatic N) is 3. The Morgan fingerprint density at radius 1 is 0.955 bits per heavy atom. The Labute approximate surface area is 129 Å². The highest BCUT2D eigenvalue weighted by Gasteiger charge is 2.23. The van der Waals surface area contributed by atoms with Crippen LogP contribution in [0.5, 0.6) is 0 Å². The molecule has 22 heavy (non-hydrogen) atoms. The van der Waals surface area contributed by atoms with E-state index in [4.69, 9.17) is 4.74 Å². The fourth-order valence-electron chi connectivity index (χ4n) is 2.95. The van der Waals surface area contributed by atoms with Crippen molar-refractivity contribution in [2.45, 2.75) is 6.10 Å². The molecule has 2 aromatic carbocycles. The van der Waals surface area contributed by atoms with Crippen LogP contribution in [0.3, 0.4) is 0 Å². The molecule has 0 spiro atoms. The Kier molecular flexibility index (Phi) is 3.45. The van der Waals surface area contributed by atoms with Crippen LogP contribution in [0.25, 0.3) is 10.9 Å². The van der Waals surface area contributed by atoms with Crippen LogP contribution in [0.1, 0.15) is 11.7 Å². The molecule has 1 saturated heterocycles. The normalized spacial score (nSPS) is 18.5. The van der Waals surface area contributed by atoms with Gasteiger partial charge in [0.05, 0.1) is 12.1 Å². The third kappa shape index (κ3) is 2.42. The first kappa shape index (κ1) is 13.2. The maximum absolute atomic E-state index is 5.94. The first-order valence-corrected chi connectivity index (χ1v) is 7.53. The SMILES string of the molecule is c1ccc([C@H]2CN(c3ncnc4ccccc34)CCO2)cc1. The van der Waals surface area contributed by atoms with Crippen molar-refractivity contribution in [3.63, 3.8) is 0 Å². The highest BCUT2D eigenvalue weighted by molar-refractivity contribution is 5.89. The number of hydrogen-bond donors (Lipinski definition) is 0. The van der Waals surface area contributed by atoms with Gasteiger partial charge in [0, 0.05) is 18.5 Å². The minimum absolute atomic E-state index is 0.0867. The van der Waals surface area contributed by atoms with Crippen molar-refractivity contribution in [1.29, 1.82) is 0 Å². The van der Waals surface area contributed by atoms with E-state index >= 15 is 0 Å². The van der Waals surface area contributed by atoms with Gasteiger partial charge in [0.25, 0.3) is 0 Å². The summed E-state index contributed by atoms with van der Waals surface area (Å²) in [7, 11) is 0. The molecule has 3 aromatic rings. The molecule has 2 heterocycles. The van der Waals surface area contributed by atoms with Crippen LogP contribution in [-0.2, 0) is 4.74 Å². The molecule has 0 N–H and O–H groups in total. The number of benzene rings is 2. The van der Waals surface area contributed by atoms with Gasteiger partial charge in [-0.1, -0.05) is 42.5 Å². The second-order valence-corrected chi connectivity index (χ2v) is 5.43. The summed E-state index contributed by atoms with van der Waals surface area (Å²) in [6.45, 7) is 2.37. The van der Waals surface area contributed by atoms with E-state index in [1.54, 1.807) is 6.33 Å². The molecule has 4 rings (SSSR count). The third-order valence-corrected chi connectivity index (χ3v) is 4.06. The van der Waals surface area contributed by atoms with Crippen LogP contribution >= 0.6 is 0 Å². The molecule has 0 amide bonds. The fourth-order valence-corrected chi connectivity index (χ4v) is 2.95. The van der Waals surface area contributed by atoms with E-state index < -0.39 is 0 Å². The van der Waals surface area contributed by atoms with E-state index in [9.17, 15) is 0 Å². The molecule has 4 nitrogen and oxygen atoms in total. The zero-order chi connectivity index (χ0) is 14.8. The van der Waals surface area contributed by atoms with Gasteiger partial charge in [-0.25, -0.2) is 9.97 Å². The number of ether oxygens (including phenoxy) is 1. The first-order valence-electron chi connectivity index (χ1n) is 7.53.